The van der Waals surface area contributed by atoms with Gasteiger partial charge in [-0.1, -0.05) is 53.5 Å². The van der Waals surface area contributed by atoms with Crippen molar-refractivity contribution < 1.29 is 14.4 Å². The summed E-state index contributed by atoms with van der Waals surface area (Å²) in [5.41, 5.74) is 1.53. The van der Waals surface area contributed by atoms with Crippen LogP contribution in [0.3, 0.4) is 0 Å². The summed E-state index contributed by atoms with van der Waals surface area (Å²) < 4.78 is 0. The van der Waals surface area contributed by atoms with Gasteiger partial charge in [0.2, 0.25) is 0 Å². The van der Waals surface area contributed by atoms with Gasteiger partial charge >= 0.3 is 0 Å². The summed E-state index contributed by atoms with van der Waals surface area (Å²) in [5.74, 6) is -1.28. The number of nitrogens with zero attached hydrogens (tertiary/aromatic N) is 1. The van der Waals surface area contributed by atoms with Crippen LogP contribution in [-0.2, 0) is 0 Å². The Hall–Kier alpha value is -3.15. The molecule has 1 heterocycles. The summed E-state index contributed by atoms with van der Waals surface area (Å²) >= 11 is 12.6. The van der Waals surface area contributed by atoms with Gasteiger partial charge in [0.05, 0.1) is 32.5 Å². The molecule has 0 fully saturated rings. The molecule has 1 N–H and O–H groups in total. The third-order valence-corrected chi connectivity index (χ3v) is 4.95. The molecular formula is C21H12Cl2N2O3. The molecule has 0 aliphatic carbocycles. The minimum atomic E-state index is -0.450. The van der Waals surface area contributed by atoms with Gasteiger partial charge in [0.25, 0.3) is 17.7 Å². The largest absolute Gasteiger partial charge is 0.319 e. The number of hydrogen-bond donors (Lipinski definition) is 1. The van der Waals surface area contributed by atoms with Gasteiger partial charge in [-0.25, -0.2) is 4.90 Å². The Bertz CT molecular complexity index is 1070. The summed E-state index contributed by atoms with van der Waals surface area (Å²) in [6, 6.07) is 18.0. The molecule has 28 heavy (non-hydrogen) atoms. The maximum atomic E-state index is 12.6. The minimum Gasteiger partial charge on any atom is -0.319 e. The van der Waals surface area contributed by atoms with Gasteiger partial charge in [-0.15, -0.1) is 0 Å². The fraction of sp³-hybridized carbons (Fsp3) is 0. The molecule has 0 saturated heterocycles. The van der Waals surface area contributed by atoms with E-state index < -0.39 is 11.8 Å². The number of carbonyl (C=O) groups excluding carboxylic acids is 3. The van der Waals surface area contributed by atoms with E-state index in [1.807, 2.05) is 0 Å². The number of fused-ring (bicyclic) bond motifs is 1. The Morgan fingerprint density at radius 2 is 1.29 bits per heavy atom. The van der Waals surface area contributed by atoms with Crippen LogP contribution < -0.4 is 10.2 Å². The van der Waals surface area contributed by atoms with Crippen molar-refractivity contribution in [2.45, 2.75) is 0 Å². The third kappa shape index (κ3) is 3.05. The predicted molar refractivity (Wildman–Crippen MR) is 108 cm³/mol. The Morgan fingerprint density at radius 1 is 0.786 bits per heavy atom. The minimum absolute atomic E-state index is 0.114. The van der Waals surface area contributed by atoms with E-state index >= 15 is 0 Å². The molecule has 0 radical (unpaired) electrons. The second-order valence-corrected chi connectivity index (χ2v) is 6.91. The number of halogens is 2. The summed E-state index contributed by atoms with van der Waals surface area (Å²) in [7, 11) is 0. The first-order chi connectivity index (χ1) is 13.5. The number of rotatable bonds is 3. The zero-order valence-corrected chi connectivity index (χ0v) is 15.8. The fourth-order valence-corrected chi connectivity index (χ4v) is 3.58. The number of amides is 3. The van der Waals surface area contributed by atoms with E-state index in [-0.39, 0.29) is 27.3 Å². The highest BCUT2D eigenvalue weighted by molar-refractivity contribution is 6.41. The smallest absolute Gasteiger partial charge is 0.266 e. The first-order valence-corrected chi connectivity index (χ1v) is 9.06. The Kier molecular flexibility index (Phi) is 4.63. The molecule has 0 atom stereocenters. The van der Waals surface area contributed by atoms with E-state index in [1.54, 1.807) is 54.6 Å². The van der Waals surface area contributed by atoms with Crippen LogP contribution >= 0.6 is 23.2 Å². The lowest BCUT2D eigenvalue weighted by atomic mass is 10.1. The van der Waals surface area contributed by atoms with Crippen molar-refractivity contribution in [2.75, 3.05) is 10.2 Å². The van der Waals surface area contributed by atoms with E-state index in [0.717, 1.165) is 4.90 Å². The van der Waals surface area contributed by atoms with Crippen LogP contribution in [0.15, 0.2) is 66.7 Å². The van der Waals surface area contributed by atoms with Crippen molar-refractivity contribution in [2.24, 2.45) is 0 Å². The van der Waals surface area contributed by atoms with Gasteiger partial charge in [-0.3, -0.25) is 14.4 Å². The Balaban J connectivity index is 1.66. The molecule has 0 saturated carbocycles. The van der Waals surface area contributed by atoms with Crippen LogP contribution in [0.2, 0.25) is 10.0 Å². The maximum absolute atomic E-state index is 12.6. The average molecular weight is 411 g/mol. The van der Waals surface area contributed by atoms with Crippen LogP contribution in [0.5, 0.6) is 0 Å². The van der Waals surface area contributed by atoms with Gasteiger partial charge in [-0.05, 0) is 36.4 Å². The molecule has 0 spiro atoms. The lowest BCUT2D eigenvalue weighted by molar-refractivity contribution is 0.0924. The quantitative estimate of drug-likeness (QED) is 0.614. The van der Waals surface area contributed by atoms with Crippen LogP contribution in [0.25, 0.3) is 0 Å². The van der Waals surface area contributed by atoms with Crippen molar-refractivity contribution in [1.29, 1.82) is 0 Å². The lowest BCUT2D eigenvalue weighted by Gasteiger charge is -2.17. The summed E-state index contributed by atoms with van der Waals surface area (Å²) in [5, 5.41) is 2.89. The highest BCUT2D eigenvalue weighted by Crippen LogP contribution is 2.38. The van der Waals surface area contributed by atoms with Crippen molar-refractivity contribution in [1.82, 2.24) is 0 Å². The SMILES string of the molecule is O=C(Nc1c(Cl)cc(N2C(=O)c3ccccc3C2=O)cc1Cl)c1ccccc1. The molecule has 0 bridgehead atoms. The molecule has 138 valence electrons. The number of benzene rings is 3. The standard InChI is InChI=1S/C21H12Cl2N2O3/c22-16-10-13(25-20(27)14-8-4-5-9-15(14)21(25)28)11-17(23)18(16)24-19(26)12-6-2-1-3-7-12/h1-11H,(H,24,26). The average Bonchev–Trinajstić information content (AvgIpc) is 2.96. The summed E-state index contributed by atoms with van der Waals surface area (Å²) in [6.45, 7) is 0. The number of hydrogen-bond acceptors (Lipinski definition) is 3. The van der Waals surface area contributed by atoms with E-state index in [9.17, 15) is 14.4 Å². The van der Waals surface area contributed by atoms with Gasteiger partial charge in [0.1, 0.15) is 0 Å². The first kappa shape index (κ1) is 18.2. The second kappa shape index (κ2) is 7.11. The van der Waals surface area contributed by atoms with Crippen molar-refractivity contribution >= 4 is 52.3 Å². The van der Waals surface area contributed by atoms with Crippen molar-refractivity contribution in [3.8, 4) is 0 Å². The monoisotopic (exact) mass is 410 g/mol. The summed E-state index contributed by atoms with van der Waals surface area (Å²) in [4.78, 5) is 38.6. The molecule has 3 aromatic rings. The molecule has 7 heteroatoms. The van der Waals surface area contributed by atoms with Crippen molar-refractivity contribution in [3.63, 3.8) is 0 Å². The normalized spacial score (nSPS) is 12.9. The lowest BCUT2D eigenvalue weighted by Crippen LogP contribution is -2.29. The van der Waals surface area contributed by atoms with Crippen LogP contribution in [0, 0.1) is 0 Å². The highest BCUT2D eigenvalue weighted by Gasteiger charge is 2.36. The molecule has 3 amide bonds. The predicted octanol–water partition coefficient (Wildman–Crippen LogP) is 5.05. The Labute approximate surface area is 170 Å². The molecule has 0 aromatic heterocycles. The van der Waals surface area contributed by atoms with Gasteiger partial charge in [0, 0.05) is 5.56 Å². The molecule has 3 aromatic carbocycles. The van der Waals surface area contributed by atoms with E-state index in [2.05, 4.69) is 5.32 Å². The zero-order valence-electron chi connectivity index (χ0n) is 14.3. The number of carbonyl (C=O) groups is 3. The number of anilines is 2. The van der Waals surface area contributed by atoms with Crippen LogP contribution in [0.4, 0.5) is 11.4 Å². The van der Waals surface area contributed by atoms with Crippen LogP contribution in [-0.4, -0.2) is 17.7 Å². The molecular weight excluding hydrogens is 399 g/mol. The maximum Gasteiger partial charge on any atom is 0.266 e. The third-order valence-electron chi connectivity index (χ3n) is 4.35. The van der Waals surface area contributed by atoms with Gasteiger partial charge in [-0.2, -0.15) is 0 Å². The molecule has 4 rings (SSSR count). The van der Waals surface area contributed by atoms with Crippen molar-refractivity contribution in [3.05, 3.63) is 93.5 Å². The van der Waals surface area contributed by atoms with Gasteiger partial charge < -0.3 is 5.32 Å². The number of nitrogens with one attached hydrogen (secondary N) is 1. The Morgan fingerprint density at radius 3 is 1.82 bits per heavy atom. The second-order valence-electron chi connectivity index (χ2n) is 6.10. The van der Waals surface area contributed by atoms with E-state index in [4.69, 9.17) is 23.2 Å². The van der Waals surface area contributed by atoms with E-state index in [1.165, 1.54) is 12.1 Å². The zero-order chi connectivity index (χ0) is 19.8. The molecule has 1 aliphatic rings. The molecule has 0 unspecified atom stereocenters. The summed E-state index contributed by atoms with van der Waals surface area (Å²) in [6.07, 6.45) is 0. The van der Waals surface area contributed by atoms with E-state index in [0.29, 0.717) is 16.7 Å². The highest BCUT2D eigenvalue weighted by atomic mass is 35.5. The first-order valence-electron chi connectivity index (χ1n) is 8.30. The van der Waals surface area contributed by atoms with Crippen LogP contribution in [0.1, 0.15) is 31.1 Å². The molecule has 5 nitrogen and oxygen atoms in total. The fourth-order valence-electron chi connectivity index (χ4n) is 3.01. The number of imide groups is 1. The van der Waals surface area contributed by atoms with Gasteiger partial charge in [0.15, 0.2) is 0 Å². The molecule has 1 aliphatic heterocycles. The topological polar surface area (TPSA) is 66.5 Å².